The molecule has 2 amide bonds. The van der Waals surface area contributed by atoms with Gasteiger partial charge in [0, 0.05) is 13.6 Å². The van der Waals surface area contributed by atoms with E-state index in [2.05, 4.69) is 10.3 Å². The van der Waals surface area contributed by atoms with Crippen molar-refractivity contribution in [3.63, 3.8) is 0 Å². The maximum atomic E-state index is 12.3. The minimum atomic E-state index is -0.128. The Morgan fingerprint density at radius 2 is 2.08 bits per heavy atom. The number of aromatic nitrogens is 1. The number of carbonyl (C=O) groups excluding carboxylic acids is 1. The van der Waals surface area contributed by atoms with Crippen LogP contribution in [0.4, 0.5) is 4.79 Å². The first-order valence-electron chi connectivity index (χ1n) is 7.62. The van der Waals surface area contributed by atoms with Crippen LogP contribution in [-0.4, -0.2) is 30.1 Å². The van der Waals surface area contributed by atoms with E-state index in [9.17, 15) is 4.79 Å². The number of hydrogen-bond donors (Lipinski definition) is 1. The summed E-state index contributed by atoms with van der Waals surface area (Å²) in [5.74, 6) is 0.782. The summed E-state index contributed by atoms with van der Waals surface area (Å²) in [7, 11) is 3.40. The third kappa shape index (κ3) is 3.83. The molecule has 0 unspecified atom stereocenters. The molecule has 0 atom stereocenters. The van der Waals surface area contributed by atoms with Crippen LogP contribution in [-0.2, 0) is 13.1 Å². The fourth-order valence-electron chi connectivity index (χ4n) is 2.36. The van der Waals surface area contributed by atoms with Crippen LogP contribution in [0.3, 0.4) is 0 Å². The lowest BCUT2D eigenvalue weighted by Crippen LogP contribution is -2.36. The predicted molar refractivity (Wildman–Crippen MR) is 96.3 cm³/mol. The van der Waals surface area contributed by atoms with Gasteiger partial charge in [0.05, 0.1) is 23.9 Å². The largest absolute Gasteiger partial charge is 0.497 e. The zero-order chi connectivity index (χ0) is 16.9. The summed E-state index contributed by atoms with van der Waals surface area (Å²) in [5.41, 5.74) is 1.97. The highest BCUT2D eigenvalue weighted by Gasteiger charge is 2.12. The van der Waals surface area contributed by atoms with Gasteiger partial charge < -0.3 is 15.0 Å². The first-order chi connectivity index (χ1) is 11.7. The van der Waals surface area contributed by atoms with Crippen molar-refractivity contribution in [2.24, 2.45) is 0 Å². The number of amides is 2. The van der Waals surface area contributed by atoms with Crippen molar-refractivity contribution in [3.05, 3.63) is 59.1 Å². The molecule has 0 aliphatic carbocycles. The molecule has 6 heteroatoms. The monoisotopic (exact) mass is 341 g/mol. The number of carbonyl (C=O) groups is 1. The number of thiazole rings is 1. The summed E-state index contributed by atoms with van der Waals surface area (Å²) in [4.78, 5) is 18.4. The molecular formula is C18H19N3O2S. The average molecular weight is 341 g/mol. The smallest absolute Gasteiger partial charge is 0.317 e. The van der Waals surface area contributed by atoms with E-state index in [4.69, 9.17) is 4.74 Å². The molecule has 0 saturated heterocycles. The Morgan fingerprint density at radius 3 is 2.88 bits per heavy atom. The summed E-state index contributed by atoms with van der Waals surface area (Å²) in [5, 5.41) is 3.84. The van der Waals surface area contributed by atoms with Gasteiger partial charge in [-0.1, -0.05) is 24.3 Å². The molecule has 24 heavy (non-hydrogen) atoms. The number of methoxy groups -OCH3 is 1. The van der Waals surface area contributed by atoms with E-state index in [-0.39, 0.29) is 6.03 Å². The number of fused-ring (bicyclic) bond motifs is 1. The Morgan fingerprint density at radius 1 is 1.25 bits per heavy atom. The Balaban J connectivity index is 1.58. The van der Waals surface area contributed by atoms with Crippen molar-refractivity contribution < 1.29 is 9.53 Å². The molecular weight excluding hydrogens is 322 g/mol. The van der Waals surface area contributed by atoms with Gasteiger partial charge in [0.15, 0.2) is 0 Å². The van der Waals surface area contributed by atoms with Crippen molar-refractivity contribution >= 4 is 27.6 Å². The molecule has 0 radical (unpaired) electrons. The number of nitrogens with zero attached hydrogens (tertiary/aromatic N) is 2. The number of benzene rings is 2. The van der Waals surface area contributed by atoms with E-state index in [1.165, 1.54) is 0 Å². The Kier molecular flexibility index (Phi) is 4.96. The molecule has 0 aliphatic heterocycles. The minimum absolute atomic E-state index is 0.128. The lowest BCUT2D eigenvalue weighted by Gasteiger charge is -2.16. The third-order valence-corrected chi connectivity index (χ3v) is 4.66. The van der Waals surface area contributed by atoms with E-state index < -0.39 is 0 Å². The highest BCUT2D eigenvalue weighted by atomic mass is 32.1. The molecule has 0 fully saturated rings. The SMILES string of the molecule is COc1cccc(CNC(=O)N(C)Cc2nc3ccccc3s2)c1. The number of ether oxygens (including phenoxy) is 1. The van der Waals surface area contributed by atoms with Gasteiger partial charge in [0.25, 0.3) is 0 Å². The zero-order valence-corrected chi connectivity index (χ0v) is 14.5. The molecule has 0 spiro atoms. The van der Waals surface area contributed by atoms with Crippen molar-refractivity contribution in [1.82, 2.24) is 15.2 Å². The fourth-order valence-corrected chi connectivity index (χ4v) is 3.38. The first-order valence-corrected chi connectivity index (χ1v) is 8.43. The van der Waals surface area contributed by atoms with Gasteiger partial charge in [-0.05, 0) is 29.8 Å². The third-order valence-electron chi connectivity index (χ3n) is 3.64. The quantitative estimate of drug-likeness (QED) is 0.771. The van der Waals surface area contributed by atoms with Crippen molar-refractivity contribution in [2.45, 2.75) is 13.1 Å². The van der Waals surface area contributed by atoms with Crippen LogP contribution in [0.25, 0.3) is 10.2 Å². The van der Waals surface area contributed by atoms with E-state index in [1.54, 1.807) is 30.4 Å². The first kappa shape index (κ1) is 16.3. The van der Waals surface area contributed by atoms with Gasteiger partial charge in [-0.15, -0.1) is 11.3 Å². The van der Waals surface area contributed by atoms with Gasteiger partial charge in [0.2, 0.25) is 0 Å². The summed E-state index contributed by atoms with van der Waals surface area (Å²) in [6, 6.07) is 15.5. The van der Waals surface area contributed by atoms with Crippen molar-refractivity contribution in [3.8, 4) is 5.75 Å². The molecule has 0 bridgehead atoms. The molecule has 3 rings (SSSR count). The van der Waals surface area contributed by atoms with E-state index in [1.807, 2.05) is 48.5 Å². The molecule has 1 aromatic heterocycles. The van der Waals surface area contributed by atoms with Crippen molar-refractivity contribution in [1.29, 1.82) is 0 Å². The summed E-state index contributed by atoms with van der Waals surface area (Å²) in [6.45, 7) is 0.948. The summed E-state index contributed by atoms with van der Waals surface area (Å²) < 4.78 is 6.32. The van der Waals surface area contributed by atoms with Crippen LogP contribution in [0.1, 0.15) is 10.6 Å². The minimum Gasteiger partial charge on any atom is -0.497 e. The normalized spacial score (nSPS) is 10.6. The van der Waals surface area contributed by atoms with Gasteiger partial charge >= 0.3 is 6.03 Å². The molecule has 5 nitrogen and oxygen atoms in total. The molecule has 1 N–H and O–H groups in total. The summed E-state index contributed by atoms with van der Waals surface area (Å²) in [6.07, 6.45) is 0. The Labute approximate surface area is 144 Å². The maximum Gasteiger partial charge on any atom is 0.317 e. The number of para-hydroxylation sites is 1. The topological polar surface area (TPSA) is 54.5 Å². The number of nitrogens with one attached hydrogen (secondary N) is 1. The van der Waals surface area contributed by atoms with Gasteiger partial charge in [-0.25, -0.2) is 9.78 Å². The standard InChI is InChI=1S/C18H19N3O2S/c1-21(12-17-20-15-8-3-4-9-16(15)24-17)18(22)19-11-13-6-5-7-14(10-13)23-2/h3-10H,11-12H2,1-2H3,(H,19,22). The Bertz CT molecular complexity index is 814. The number of rotatable bonds is 5. The van der Waals surface area contributed by atoms with Gasteiger partial charge in [0.1, 0.15) is 10.8 Å². The summed E-state index contributed by atoms with van der Waals surface area (Å²) >= 11 is 1.61. The molecule has 124 valence electrons. The van der Waals surface area contributed by atoms with Crippen LogP contribution < -0.4 is 10.1 Å². The van der Waals surface area contributed by atoms with E-state index in [0.717, 1.165) is 26.5 Å². The van der Waals surface area contributed by atoms with E-state index >= 15 is 0 Å². The Hall–Kier alpha value is -2.60. The highest BCUT2D eigenvalue weighted by molar-refractivity contribution is 7.18. The maximum absolute atomic E-state index is 12.3. The molecule has 3 aromatic rings. The number of urea groups is 1. The second-order valence-electron chi connectivity index (χ2n) is 5.44. The molecule has 0 saturated carbocycles. The molecule has 0 aliphatic rings. The molecule has 1 heterocycles. The van der Waals surface area contributed by atoms with Crippen LogP contribution in [0.15, 0.2) is 48.5 Å². The van der Waals surface area contributed by atoms with Crippen molar-refractivity contribution in [2.75, 3.05) is 14.2 Å². The second kappa shape index (κ2) is 7.31. The lowest BCUT2D eigenvalue weighted by atomic mass is 10.2. The predicted octanol–water partition coefficient (Wildman–Crippen LogP) is 3.65. The van der Waals surface area contributed by atoms with Gasteiger partial charge in [-0.2, -0.15) is 0 Å². The van der Waals surface area contributed by atoms with Gasteiger partial charge in [-0.3, -0.25) is 0 Å². The zero-order valence-electron chi connectivity index (χ0n) is 13.7. The second-order valence-corrected chi connectivity index (χ2v) is 6.56. The van der Waals surface area contributed by atoms with E-state index in [0.29, 0.717) is 13.1 Å². The fraction of sp³-hybridized carbons (Fsp3) is 0.222. The van der Waals surface area contributed by atoms with Crippen LogP contribution in [0.5, 0.6) is 5.75 Å². The van der Waals surface area contributed by atoms with Crippen LogP contribution in [0, 0.1) is 0 Å². The average Bonchev–Trinajstić information content (AvgIpc) is 3.02. The number of hydrogen-bond acceptors (Lipinski definition) is 4. The molecule has 2 aromatic carbocycles. The van der Waals surface area contributed by atoms with Crippen LogP contribution in [0.2, 0.25) is 0 Å². The van der Waals surface area contributed by atoms with Crippen LogP contribution >= 0.6 is 11.3 Å². The lowest BCUT2D eigenvalue weighted by molar-refractivity contribution is 0.206. The highest BCUT2D eigenvalue weighted by Crippen LogP contribution is 2.22.